The van der Waals surface area contributed by atoms with Crippen molar-refractivity contribution in [2.75, 3.05) is 30.8 Å². The largest absolute Gasteiger partial charge is 0.386 e. The molecule has 3 nitrogen and oxygen atoms in total. The Morgan fingerprint density at radius 2 is 1.80 bits per heavy atom. The molecular weight excluding hydrogens is 186 g/mol. The van der Waals surface area contributed by atoms with Crippen molar-refractivity contribution in [3.63, 3.8) is 0 Å². The Balaban J connectivity index is 2.02. The summed E-state index contributed by atoms with van der Waals surface area (Å²) in [4.78, 5) is 0. The molecule has 0 aliphatic carbocycles. The van der Waals surface area contributed by atoms with E-state index in [-0.39, 0.29) is 0 Å². The van der Waals surface area contributed by atoms with Gasteiger partial charge in [0.25, 0.3) is 0 Å². The summed E-state index contributed by atoms with van der Waals surface area (Å²) in [6, 6.07) is 8.97. The molecule has 3 N–H and O–H groups in total. The zero-order valence-corrected chi connectivity index (χ0v) is 9.22. The fourth-order valence-corrected chi connectivity index (χ4v) is 2.01. The third kappa shape index (κ3) is 2.63. The van der Waals surface area contributed by atoms with Crippen LogP contribution in [0.25, 0.3) is 0 Å². The molecule has 0 aromatic heterocycles. The standard InChI is InChI=1S/C12H19N3/c1-13-11-4-2-3-5-12(11)15-10-6-8-14-9-7-10/h2-5,10,13-15H,6-9H2,1H3. The van der Waals surface area contributed by atoms with E-state index in [9.17, 15) is 0 Å². The quantitative estimate of drug-likeness (QED) is 0.705. The minimum Gasteiger partial charge on any atom is -0.386 e. The van der Waals surface area contributed by atoms with Gasteiger partial charge in [0.1, 0.15) is 0 Å². The van der Waals surface area contributed by atoms with Crippen LogP contribution in [-0.4, -0.2) is 26.2 Å². The molecule has 0 radical (unpaired) electrons. The molecule has 1 aromatic rings. The average molecular weight is 205 g/mol. The Morgan fingerprint density at radius 3 is 2.47 bits per heavy atom. The normalized spacial score (nSPS) is 17.4. The Morgan fingerprint density at radius 1 is 1.13 bits per heavy atom. The van der Waals surface area contributed by atoms with E-state index in [2.05, 4.69) is 40.2 Å². The van der Waals surface area contributed by atoms with Gasteiger partial charge in [-0.15, -0.1) is 0 Å². The van der Waals surface area contributed by atoms with Crippen LogP contribution in [0.1, 0.15) is 12.8 Å². The summed E-state index contributed by atoms with van der Waals surface area (Å²) in [6.45, 7) is 2.25. The molecule has 0 unspecified atom stereocenters. The van der Waals surface area contributed by atoms with Crippen molar-refractivity contribution < 1.29 is 0 Å². The van der Waals surface area contributed by atoms with Crippen molar-refractivity contribution >= 4 is 11.4 Å². The van der Waals surface area contributed by atoms with E-state index in [1.165, 1.54) is 24.2 Å². The topological polar surface area (TPSA) is 36.1 Å². The van der Waals surface area contributed by atoms with Crippen molar-refractivity contribution in [2.45, 2.75) is 18.9 Å². The molecule has 1 fully saturated rings. The SMILES string of the molecule is CNc1ccccc1NC1CCNCC1. The maximum Gasteiger partial charge on any atom is 0.0578 e. The van der Waals surface area contributed by atoms with Crippen LogP contribution in [0.15, 0.2) is 24.3 Å². The van der Waals surface area contributed by atoms with E-state index in [1.54, 1.807) is 0 Å². The summed E-state index contributed by atoms with van der Waals surface area (Å²) in [5.41, 5.74) is 2.39. The van der Waals surface area contributed by atoms with E-state index >= 15 is 0 Å². The van der Waals surface area contributed by atoms with Crippen molar-refractivity contribution in [1.82, 2.24) is 5.32 Å². The minimum absolute atomic E-state index is 0.612. The molecule has 1 saturated heterocycles. The van der Waals surface area contributed by atoms with Crippen LogP contribution in [0.2, 0.25) is 0 Å². The molecule has 1 heterocycles. The lowest BCUT2D eigenvalue weighted by molar-refractivity contribution is 0.479. The van der Waals surface area contributed by atoms with Gasteiger partial charge in [0.15, 0.2) is 0 Å². The molecule has 82 valence electrons. The average Bonchev–Trinajstić information content (AvgIpc) is 2.31. The Bertz CT molecular complexity index is 305. The molecule has 0 atom stereocenters. The molecule has 15 heavy (non-hydrogen) atoms. The predicted molar refractivity (Wildman–Crippen MR) is 65.5 cm³/mol. The van der Waals surface area contributed by atoms with Gasteiger partial charge < -0.3 is 16.0 Å². The molecule has 0 amide bonds. The summed E-state index contributed by atoms with van der Waals surface area (Å²) >= 11 is 0. The second kappa shape index (κ2) is 5.03. The van der Waals surface area contributed by atoms with Gasteiger partial charge >= 0.3 is 0 Å². The first kappa shape index (κ1) is 10.3. The number of rotatable bonds is 3. The van der Waals surface area contributed by atoms with Crippen molar-refractivity contribution in [1.29, 1.82) is 0 Å². The molecule has 0 saturated carbocycles. The summed E-state index contributed by atoms with van der Waals surface area (Å²) in [6.07, 6.45) is 2.41. The number of benzene rings is 1. The maximum absolute atomic E-state index is 3.60. The molecule has 1 aliphatic rings. The molecule has 3 heteroatoms. The lowest BCUT2D eigenvalue weighted by atomic mass is 10.1. The monoisotopic (exact) mass is 205 g/mol. The second-order valence-electron chi connectivity index (χ2n) is 3.96. The third-order valence-corrected chi connectivity index (χ3v) is 2.90. The Kier molecular flexibility index (Phi) is 3.45. The van der Waals surface area contributed by atoms with Gasteiger partial charge in [-0.05, 0) is 38.1 Å². The van der Waals surface area contributed by atoms with Gasteiger partial charge in [-0.1, -0.05) is 12.1 Å². The zero-order valence-electron chi connectivity index (χ0n) is 9.22. The minimum atomic E-state index is 0.612. The van der Waals surface area contributed by atoms with Crippen LogP contribution >= 0.6 is 0 Å². The molecule has 1 aliphatic heterocycles. The van der Waals surface area contributed by atoms with Crippen LogP contribution in [0.5, 0.6) is 0 Å². The number of hydrogen-bond acceptors (Lipinski definition) is 3. The van der Waals surface area contributed by atoms with Crippen molar-refractivity contribution in [3.05, 3.63) is 24.3 Å². The van der Waals surface area contributed by atoms with Crippen molar-refractivity contribution in [2.24, 2.45) is 0 Å². The lowest BCUT2D eigenvalue weighted by Gasteiger charge is -2.25. The van der Waals surface area contributed by atoms with E-state index in [0.29, 0.717) is 6.04 Å². The number of anilines is 2. The summed E-state index contributed by atoms with van der Waals surface area (Å²) < 4.78 is 0. The third-order valence-electron chi connectivity index (χ3n) is 2.90. The first-order valence-electron chi connectivity index (χ1n) is 5.64. The molecule has 1 aromatic carbocycles. The van der Waals surface area contributed by atoms with E-state index < -0.39 is 0 Å². The van der Waals surface area contributed by atoms with Crippen LogP contribution in [0.4, 0.5) is 11.4 Å². The van der Waals surface area contributed by atoms with Crippen LogP contribution < -0.4 is 16.0 Å². The van der Waals surface area contributed by atoms with Gasteiger partial charge in [0.05, 0.1) is 11.4 Å². The van der Waals surface area contributed by atoms with E-state index in [1.807, 2.05) is 7.05 Å². The van der Waals surface area contributed by atoms with E-state index in [0.717, 1.165) is 13.1 Å². The highest BCUT2D eigenvalue weighted by Gasteiger charge is 2.13. The molecule has 0 spiro atoms. The fourth-order valence-electron chi connectivity index (χ4n) is 2.01. The van der Waals surface area contributed by atoms with Crippen LogP contribution in [0.3, 0.4) is 0 Å². The van der Waals surface area contributed by atoms with Gasteiger partial charge in [0, 0.05) is 13.1 Å². The molecular formula is C12H19N3. The van der Waals surface area contributed by atoms with Crippen LogP contribution in [0, 0.1) is 0 Å². The lowest BCUT2D eigenvalue weighted by Crippen LogP contribution is -2.35. The fraction of sp³-hybridized carbons (Fsp3) is 0.500. The second-order valence-corrected chi connectivity index (χ2v) is 3.96. The predicted octanol–water partition coefficient (Wildman–Crippen LogP) is 1.89. The van der Waals surface area contributed by atoms with Crippen molar-refractivity contribution in [3.8, 4) is 0 Å². The first-order valence-corrected chi connectivity index (χ1v) is 5.64. The summed E-state index contributed by atoms with van der Waals surface area (Å²) in [5.74, 6) is 0. The highest BCUT2D eigenvalue weighted by molar-refractivity contribution is 5.68. The number of para-hydroxylation sites is 2. The smallest absolute Gasteiger partial charge is 0.0578 e. The number of nitrogens with one attached hydrogen (secondary N) is 3. The maximum atomic E-state index is 3.60. The van der Waals surface area contributed by atoms with Gasteiger partial charge in [0.2, 0.25) is 0 Å². The Labute approximate surface area is 91.3 Å². The van der Waals surface area contributed by atoms with Gasteiger partial charge in [-0.2, -0.15) is 0 Å². The highest BCUT2D eigenvalue weighted by atomic mass is 15.0. The number of piperidine rings is 1. The van der Waals surface area contributed by atoms with E-state index in [4.69, 9.17) is 0 Å². The summed E-state index contributed by atoms with van der Waals surface area (Å²) in [5, 5.41) is 10.2. The summed E-state index contributed by atoms with van der Waals surface area (Å²) in [7, 11) is 1.96. The molecule has 2 rings (SSSR count). The van der Waals surface area contributed by atoms with Gasteiger partial charge in [-0.3, -0.25) is 0 Å². The van der Waals surface area contributed by atoms with Gasteiger partial charge in [-0.25, -0.2) is 0 Å². The zero-order chi connectivity index (χ0) is 10.5. The highest BCUT2D eigenvalue weighted by Crippen LogP contribution is 2.22. The molecule has 0 bridgehead atoms. The van der Waals surface area contributed by atoms with Crippen LogP contribution in [-0.2, 0) is 0 Å². The Hall–Kier alpha value is -1.22. The first-order chi connectivity index (χ1) is 7.40. The number of hydrogen-bond donors (Lipinski definition) is 3.